The Hall–Kier alpha value is -2.16. The molecule has 0 amide bonds. The van der Waals surface area contributed by atoms with Crippen LogP contribution in [0.25, 0.3) is 21.7 Å². The van der Waals surface area contributed by atoms with Crippen LogP contribution in [0.2, 0.25) is 0 Å². The fraction of sp³-hybridized carbons (Fsp3) is 0.581. The molecule has 0 atom stereocenters. The van der Waals surface area contributed by atoms with Gasteiger partial charge in [0, 0.05) is 10.8 Å². The summed E-state index contributed by atoms with van der Waals surface area (Å²) in [7, 11) is 0. The minimum Gasteiger partial charge on any atom is -0.419 e. The van der Waals surface area contributed by atoms with Gasteiger partial charge >= 0.3 is 5.63 Å². The van der Waals surface area contributed by atoms with Crippen molar-refractivity contribution in [1.82, 2.24) is 0 Å². The lowest BCUT2D eigenvalue weighted by atomic mass is 9.77. The summed E-state index contributed by atoms with van der Waals surface area (Å²) in [6, 6.07) is 10.00. The summed E-state index contributed by atoms with van der Waals surface area (Å²) >= 11 is 0. The minimum atomic E-state index is -0.420. The zero-order valence-corrected chi connectivity index (χ0v) is 21.1. The topological polar surface area (TPSA) is 30.2 Å². The van der Waals surface area contributed by atoms with Gasteiger partial charge in [-0.25, -0.2) is 9.18 Å². The molecule has 1 saturated carbocycles. The van der Waals surface area contributed by atoms with Crippen LogP contribution in [0.15, 0.2) is 39.5 Å². The van der Waals surface area contributed by atoms with E-state index in [-0.39, 0.29) is 11.4 Å². The van der Waals surface area contributed by atoms with Crippen LogP contribution < -0.4 is 5.63 Å². The van der Waals surface area contributed by atoms with E-state index < -0.39 is 5.63 Å². The average Bonchev–Trinajstić information content (AvgIpc) is 2.86. The highest BCUT2D eigenvalue weighted by atomic mass is 19.1. The molecule has 34 heavy (non-hydrogen) atoms. The van der Waals surface area contributed by atoms with E-state index in [0.717, 1.165) is 37.0 Å². The van der Waals surface area contributed by atoms with E-state index in [1.54, 1.807) is 0 Å². The molecule has 2 aromatic carbocycles. The second kappa shape index (κ2) is 12.0. The summed E-state index contributed by atoms with van der Waals surface area (Å²) in [6.07, 6.45) is 16.8. The molecule has 1 aliphatic carbocycles. The van der Waals surface area contributed by atoms with Crippen LogP contribution in [0.1, 0.15) is 114 Å². The zero-order chi connectivity index (χ0) is 23.9. The molecule has 0 saturated heterocycles. The number of hydrogen-bond acceptors (Lipinski definition) is 2. The van der Waals surface area contributed by atoms with E-state index in [2.05, 4.69) is 19.9 Å². The fourth-order valence-corrected chi connectivity index (χ4v) is 5.86. The predicted octanol–water partition coefficient (Wildman–Crippen LogP) is 9.45. The van der Waals surface area contributed by atoms with Crippen molar-refractivity contribution in [3.8, 4) is 0 Å². The number of benzene rings is 2. The van der Waals surface area contributed by atoms with Gasteiger partial charge in [0.25, 0.3) is 0 Å². The van der Waals surface area contributed by atoms with Crippen LogP contribution in [0.4, 0.5) is 4.39 Å². The molecule has 0 unspecified atom stereocenters. The van der Waals surface area contributed by atoms with Crippen LogP contribution in [-0.4, -0.2) is 0 Å². The Bertz CT molecular complexity index is 1140. The van der Waals surface area contributed by atoms with E-state index in [4.69, 9.17) is 4.42 Å². The van der Waals surface area contributed by atoms with Crippen molar-refractivity contribution in [3.05, 3.63) is 57.7 Å². The number of fused-ring (bicyclic) bond motifs is 3. The van der Waals surface area contributed by atoms with Crippen molar-refractivity contribution in [3.63, 3.8) is 0 Å². The number of rotatable bonds is 11. The Morgan fingerprint density at radius 2 is 1.53 bits per heavy atom. The van der Waals surface area contributed by atoms with Crippen LogP contribution in [0, 0.1) is 11.7 Å². The van der Waals surface area contributed by atoms with Crippen LogP contribution in [0.5, 0.6) is 0 Å². The SMILES string of the molecule is CCCCCCc1ccc2c(oc(=O)c3cc(C4CCC(CCCCCC)CC4)ccc32)c1F. The summed E-state index contributed by atoms with van der Waals surface area (Å²) in [6.45, 7) is 4.43. The Kier molecular flexibility index (Phi) is 8.80. The van der Waals surface area contributed by atoms with Gasteiger partial charge in [-0.2, -0.15) is 0 Å². The molecule has 0 aliphatic heterocycles. The molecule has 0 bridgehead atoms. The summed E-state index contributed by atoms with van der Waals surface area (Å²) in [5.74, 6) is 1.00. The molecular formula is C31H41FO2. The molecule has 2 nitrogen and oxygen atoms in total. The van der Waals surface area contributed by atoms with Crippen molar-refractivity contribution >= 4 is 21.7 Å². The van der Waals surface area contributed by atoms with Crippen LogP contribution in [0.3, 0.4) is 0 Å². The van der Waals surface area contributed by atoms with Crippen LogP contribution >= 0.6 is 0 Å². The first-order valence-corrected chi connectivity index (χ1v) is 13.8. The van der Waals surface area contributed by atoms with Crippen molar-refractivity contribution in [2.75, 3.05) is 0 Å². The summed E-state index contributed by atoms with van der Waals surface area (Å²) in [5.41, 5.74) is 1.57. The first-order chi connectivity index (χ1) is 16.6. The molecule has 0 spiro atoms. The van der Waals surface area contributed by atoms with Gasteiger partial charge in [-0.15, -0.1) is 0 Å². The van der Waals surface area contributed by atoms with Crippen LogP contribution in [-0.2, 0) is 6.42 Å². The van der Waals surface area contributed by atoms with Gasteiger partial charge in [-0.1, -0.05) is 89.5 Å². The molecule has 1 fully saturated rings. The number of hydrogen-bond donors (Lipinski definition) is 0. The second-order valence-corrected chi connectivity index (χ2v) is 10.5. The van der Waals surface area contributed by atoms with Gasteiger partial charge in [-0.05, 0) is 67.6 Å². The third-order valence-electron chi connectivity index (χ3n) is 8.01. The van der Waals surface area contributed by atoms with Gasteiger partial charge in [0.2, 0.25) is 0 Å². The highest BCUT2D eigenvalue weighted by Gasteiger charge is 2.23. The third-order valence-corrected chi connectivity index (χ3v) is 8.01. The number of halogens is 1. The van der Waals surface area contributed by atoms with Crippen molar-refractivity contribution in [2.45, 2.75) is 110 Å². The molecule has 0 radical (unpaired) electrons. The lowest BCUT2D eigenvalue weighted by Gasteiger charge is -2.29. The first kappa shape index (κ1) is 24.9. The summed E-state index contributed by atoms with van der Waals surface area (Å²) in [4.78, 5) is 12.9. The molecule has 0 N–H and O–H groups in total. The molecular weight excluding hydrogens is 423 g/mol. The van der Waals surface area contributed by atoms with Gasteiger partial charge in [0.05, 0.1) is 5.39 Å². The third kappa shape index (κ3) is 5.73. The van der Waals surface area contributed by atoms with E-state index in [1.165, 1.54) is 63.4 Å². The largest absolute Gasteiger partial charge is 0.419 e. The zero-order valence-electron chi connectivity index (χ0n) is 21.1. The molecule has 184 valence electrons. The molecule has 1 aliphatic rings. The number of aryl methyl sites for hydroxylation is 1. The van der Waals surface area contributed by atoms with Gasteiger partial charge in [0.15, 0.2) is 11.4 Å². The van der Waals surface area contributed by atoms with Crippen molar-refractivity contribution in [1.29, 1.82) is 0 Å². The Balaban J connectivity index is 1.50. The minimum absolute atomic E-state index is 0.113. The molecule has 3 aromatic rings. The van der Waals surface area contributed by atoms with E-state index >= 15 is 4.39 Å². The molecule has 1 heterocycles. The standard InChI is InChI=1S/C31H41FO2/c1-3-5-7-9-11-22-13-15-23(16-14-22)25-18-19-26-27-20-17-24(12-10-8-6-4-2)29(32)30(27)34-31(33)28(26)21-25/h17-23H,3-16H2,1-2H3. The van der Waals surface area contributed by atoms with Gasteiger partial charge in [0.1, 0.15) is 0 Å². The highest BCUT2D eigenvalue weighted by Crippen LogP contribution is 2.39. The monoisotopic (exact) mass is 464 g/mol. The lowest BCUT2D eigenvalue weighted by Crippen LogP contribution is -2.14. The van der Waals surface area contributed by atoms with Gasteiger partial charge in [-0.3, -0.25) is 0 Å². The lowest BCUT2D eigenvalue weighted by molar-refractivity contribution is 0.302. The molecule has 4 rings (SSSR count). The van der Waals surface area contributed by atoms with E-state index in [1.807, 2.05) is 24.3 Å². The average molecular weight is 465 g/mol. The first-order valence-electron chi connectivity index (χ1n) is 13.8. The number of unbranched alkanes of at least 4 members (excludes halogenated alkanes) is 6. The second-order valence-electron chi connectivity index (χ2n) is 10.5. The van der Waals surface area contributed by atoms with Gasteiger partial charge < -0.3 is 4.42 Å². The molecule has 3 heteroatoms. The predicted molar refractivity (Wildman–Crippen MR) is 141 cm³/mol. The quantitative estimate of drug-likeness (QED) is 0.161. The maximum atomic E-state index is 15.2. The maximum absolute atomic E-state index is 15.2. The van der Waals surface area contributed by atoms with E-state index in [9.17, 15) is 4.79 Å². The van der Waals surface area contributed by atoms with Crippen molar-refractivity contribution in [2.24, 2.45) is 5.92 Å². The Labute approximate surface area is 203 Å². The fourth-order valence-electron chi connectivity index (χ4n) is 5.86. The van der Waals surface area contributed by atoms with E-state index in [0.29, 0.717) is 28.7 Å². The Morgan fingerprint density at radius 3 is 2.26 bits per heavy atom. The highest BCUT2D eigenvalue weighted by molar-refractivity contribution is 6.04. The Morgan fingerprint density at radius 1 is 0.824 bits per heavy atom. The smallest absolute Gasteiger partial charge is 0.344 e. The summed E-state index contributed by atoms with van der Waals surface area (Å²) in [5, 5.41) is 2.09. The normalized spacial score (nSPS) is 18.7. The van der Waals surface area contributed by atoms with Crippen molar-refractivity contribution < 1.29 is 8.81 Å². The molecule has 1 aromatic heterocycles. The summed E-state index contributed by atoms with van der Waals surface area (Å²) < 4.78 is 20.8. The maximum Gasteiger partial charge on any atom is 0.344 e.